The van der Waals surface area contributed by atoms with Crippen molar-refractivity contribution in [2.24, 2.45) is 11.1 Å². The second-order valence-electron chi connectivity index (χ2n) is 5.00. The molecule has 2 heterocycles. The van der Waals surface area contributed by atoms with Gasteiger partial charge in [-0.2, -0.15) is 0 Å². The summed E-state index contributed by atoms with van der Waals surface area (Å²) in [5.41, 5.74) is 5.43. The van der Waals surface area contributed by atoms with E-state index in [9.17, 15) is 9.59 Å². The van der Waals surface area contributed by atoms with Crippen LogP contribution in [0.15, 0.2) is 0 Å². The summed E-state index contributed by atoms with van der Waals surface area (Å²) < 4.78 is 0. The summed E-state index contributed by atoms with van der Waals surface area (Å²) >= 11 is 0. The van der Waals surface area contributed by atoms with Gasteiger partial charge in [0, 0.05) is 24.9 Å². The zero-order valence-corrected chi connectivity index (χ0v) is 9.66. The lowest BCUT2D eigenvalue weighted by atomic mass is 9.86. The van der Waals surface area contributed by atoms with Crippen molar-refractivity contribution in [2.75, 3.05) is 19.6 Å². The number of nitrogens with one attached hydrogen (secondary N) is 1. The van der Waals surface area contributed by atoms with Crippen LogP contribution in [0.3, 0.4) is 0 Å². The highest BCUT2D eigenvalue weighted by Crippen LogP contribution is 2.37. The van der Waals surface area contributed by atoms with Gasteiger partial charge >= 0.3 is 0 Å². The molecule has 90 valence electrons. The highest BCUT2D eigenvalue weighted by atomic mass is 16.2. The molecule has 0 aromatic rings. The number of nitrogens with zero attached hydrogens (tertiary/aromatic N) is 1. The smallest absolute Gasteiger partial charge is 0.234 e. The number of hydrogen-bond acceptors (Lipinski definition) is 3. The van der Waals surface area contributed by atoms with Gasteiger partial charge in [-0.15, -0.1) is 0 Å². The van der Waals surface area contributed by atoms with Crippen LogP contribution in [0.4, 0.5) is 0 Å². The van der Waals surface area contributed by atoms with E-state index >= 15 is 0 Å². The van der Waals surface area contributed by atoms with Crippen molar-refractivity contribution in [3.05, 3.63) is 0 Å². The second-order valence-corrected chi connectivity index (χ2v) is 5.00. The Morgan fingerprint density at radius 3 is 2.94 bits per heavy atom. The molecule has 5 heteroatoms. The molecule has 0 aromatic carbocycles. The lowest BCUT2D eigenvalue weighted by Gasteiger charge is -2.26. The molecule has 0 aliphatic carbocycles. The van der Waals surface area contributed by atoms with E-state index in [0.717, 1.165) is 32.5 Å². The third-order valence-electron chi connectivity index (χ3n) is 3.82. The normalized spacial score (nSPS) is 31.9. The molecule has 0 bridgehead atoms. The van der Waals surface area contributed by atoms with Crippen molar-refractivity contribution < 1.29 is 9.59 Å². The van der Waals surface area contributed by atoms with Gasteiger partial charge in [0.25, 0.3) is 0 Å². The molecule has 2 aliphatic rings. The predicted molar refractivity (Wildman–Crippen MR) is 59.5 cm³/mol. The van der Waals surface area contributed by atoms with Gasteiger partial charge in [0.2, 0.25) is 11.8 Å². The average Bonchev–Trinajstić information content (AvgIpc) is 2.76. The number of nitrogens with two attached hydrogens (primary N) is 1. The molecular weight excluding hydrogens is 206 g/mol. The van der Waals surface area contributed by atoms with Gasteiger partial charge < -0.3 is 11.1 Å². The van der Waals surface area contributed by atoms with Gasteiger partial charge in [0.05, 0.1) is 6.04 Å². The van der Waals surface area contributed by atoms with Crippen LogP contribution in [0.25, 0.3) is 0 Å². The molecule has 0 radical (unpaired) electrons. The summed E-state index contributed by atoms with van der Waals surface area (Å²) in [6, 6.07) is -0.171. The summed E-state index contributed by atoms with van der Waals surface area (Å²) in [4.78, 5) is 24.7. The molecule has 16 heavy (non-hydrogen) atoms. The average molecular weight is 225 g/mol. The summed E-state index contributed by atoms with van der Waals surface area (Å²) in [6.45, 7) is 4.40. The molecule has 0 saturated carbocycles. The summed E-state index contributed by atoms with van der Waals surface area (Å²) in [7, 11) is 0. The Hall–Kier alpha value is -1.10. The number of primary amides is 1. The van der Waals surface area contributed by atoms with E-state index in [1.54, 1.807) is 0 Å². The minimum absolute atomic E-state index is 0.0555. The Morgan fingerprint density at radius 1 is 1.69 bits per heavy atom. The number of amides is 2. The van der Waals surface area contributed by atoms with Crippen LogP contribution in [0, 0.1) is 5.41 Å². The van der Waals surface area contributed by atoms with Crippen molar-refractivity contribution >= 4 is 11.8 Å². The lowest BCUT2D eigenvalue weighted by Crippen LogP contribution is -2.44. The van der Waals surface area contributed by atoms with Gasteiger partial charge in [-0.25, -0.2) is 0 Å². The maximum atomic E-state index is 11.3. The Bertz CT molecular complexity index is 318. The molecule has 5 nitrogen and oxygen atoms in total. The maximum absolute atomic E-state index is 11.3. The Morgan fingerprint density at radius 2 is 2.44 bits per heavy atom. The lowest BCUT2D eigenvalue weighted by molar-refractivity contribution is -0.123. The quantitative estimate of drug-likeness (QED) is 0.677. The highest BCUT2D eigenvalue weighted by molar-refractivity contribution is 5.80. The van der Waals surface area contributed by atoms with Crippen LogP contribution in [-0.2, 0) is 9.59 Å². The van der Waals surface area contributed by atoms with Gasteiger partial charge in [-0.1, -0.05) is 6.92 Å². The van der Waals surface area contributed by atoms with Gasteiger partial charge in [-0.3, -0.25) is 14.5 Å². The fourth-order valence-corrected chi connectivity index (χ4v) is 2.92. The minimum atomic E-state index is -0.253. The zero-order chi connectivity index (χ0) is 11.8. The van der Waals surface area contributed by atoms with Crippen molar-refractivity contribution in [3.63, 3.8) is 0 Å². The molecule has 1 spiro atoms. The first-order valence-corrected chi connectivity index (χ1v) is 5.86. The van der Waals surface area contributed by atoms with Crippen molar-refractivity contribution in [3.8, 4) is 0 Å². The van der Waals surface area contributed by atoms with Crippen LogP contribution >= 0.6 is 0 Å². The molecular formula is C11H19N3O2. The molecule has 2 atom stereocenters. The number of hydrogen-bond donors (Lipinski definition) is 2. The van der Waals surface area contributed by atoms with Crippen LogP contribution in [0.2, 0.25) is 0 Å². The first-order chi connectivity index (χ1) is 7.56. The minimum Gasteiger partial charge on any atom is -0.368 e. The van der Waals surface area contributed by atoms with Gasteiger partial charge in [0.1, 0.15) is 0 Å². The molecule has 2 rings (SSSR count). The van der Waals surface area contributed by atoms with E-state index in [4.69, 9.17) is 5.73 Å². The van der Waals surface area contributed by atoms with Crippen molar-refractivity contribution in [1.29, 1.82) is 0 Å². The van der Waals surface area contributed by atoms with E-state index in [1.165, 1.54) is 0 Å². The standard InChI is InChI=1S/C11H19N3O2/c1-2-8(10(12)16)14-4-3-11(7-14)5-9(15)13-6-11/h8H,2-7H2,1H3,(H2,12,16)(H,13,15). The third kappa shape index (κ3) is 1.91. The predicted octanol–water partition coefficient (Wildman–Crippen LogP) is -0.538. The SMILES string of the molecule is CCC(C(N)=O)N1CCC2(CNC(=O)C2)C1. The molecule has 2 amide bonds. The van der Waals surface area contributed by atoms with Gasteiger partial charge in [0.15, 0.2) is 0 Å². The van der Waals surface area contributed by atoms with Crippen molar-refractivity contribution in [2.45, 2.75) is 32.2 Å². The Labute approximate surface area is 95.3 Å². The maximum Gasteiger partial charge on any atom is 0.234 e. The van der Waals surface area contributed by atoms with Crippen molar-refractivity contribution in [1.82, 2.24) is 10.2 Å². The number of rotatable bonds is 3. The van der Waals surface area contributed by atoms with Crippen LogP contribution in [0.5, 0.6) is 0 Å². The first-order valence-electron chi connectivity index (χ1n) is 5.86. The number of carbonyl (C=O) groups excluding carboxylic acids is 2. The first kappa shape index (κ1) is 11.4. The second kappa shape index (κ2) is 4.05. The fraction of sp³-hybridized carbons (Fsp3) is 0.818. The highest BCUT2D eigenvalue weighted by Gasteiger charge is 2.45. The van der Waals surface area contributed by atoms with E-state index in [2.05, 4.69) is 10.2 Å². The molecule has 3 N–H and O–H groups in total. The fourth-order valence-electron chi connectivity index (χ4n) is 2.92. The number of carbonyl (C=O) groups is 2. The van der Waals surface area contributed by atoms with Crippen LogP contribution in [-0.4, -0.2) is 42.4 Å². The Balaban J connectivity index is 2.02. The third-order valence-corrected chi connectivity index (χ3v) is 3.82. The van der Waals surface area contributed by atoms with E-state index < -0.39 is 0 Å². The molecule has 2 fully saturated rings. The topological polar surface area (TPSA) is 75.4 Å². The molecule has 0 aromatic heterocycles. The van der Waals surface area contributed by atoms with E-state index in [-0.39, 0.29) is 23.3 Å². The summed E-state index contributed by atoms with van der Waals surface area (Å²) in [5.74, 6) is -0.120. The summed E-state index contributed by atoms with van der Waals surface area (Å²) in [5, 5.41) is 2.88. The van der Waals surface area contributed by atoms with Gasteiger partial charge in [-0.05, 0) is 19.4 Å². The van der Waals surface area contributed by atoms with E-state index in [0.29, 0.717) is 6.42 Å². The summed E-state index contributed by atoms with van der Waals surface area (Å²) in [6.07, 6.45) is 2.32. The Kier molecular flexibility index (Phi) is 2.88. The molecule has 2 saturated heterocycles. The molecule has 2 unspecified atom stereocenters. The molecule has 2 aliphatic heterocycles. The van der Waals surface area contributed by atoms with Crippen LogP contribution in [0.1, 0.15) is 26.2 Å². The van der Waals surface area contributed by atoms with E-state index in [1.807, 2.05) is 6.92 Å². The van der Waals surface area contributed by atoms with Crippen LogP contribution < -0.4 is 11.1 Å². The zero-order valence-electron chi connectivity index (χ0n) is 9.66. The monoisotopic (exact) mass is 225 g/mol. The largest absolute Gasteiger partial charge is 0.368 e. The number of likely N-dealkylation sites (tertiary alicyclic amines) is 1.